The highest BCUT2D eigenvalue weighted by molar-refractivity contribution is 6.02. The molecule has 5 rings (SSSR count). The van der Waals surface area contributed by atoms with E-state index in [2.05, 4.69) is 5.32 Å². The van der Waals surface area contributed by atoms with Gasteiger partial charge < -0.3 is 24.8 Å². The Kier molecular flexibility index (Phi) is 6.42. The maximum absolute atomic E-state index is 14.2. The number of alkyl carbamates (subject to hydrolysis) is 1. The third-order valence-electron chi connectivity index (χ3n) is 7.72. The summed E-state index contributed by atoms with van der Waals surface area (Å²) >= 11 is 0. The van der Waals surface area contributed by atoms with Crippen LogP contribution in [-0.2, 0) is 14.3 Å². The van der Waals surface area contributed by atoms with Gasteiger partial charge in [-0.25, -0.2) is 14.4 Å². The molecule has 1 aromatic carbocycles. The van der Waals surface area contributed by atoms with Crippen molar-refractivity contribution in [1.29, 1.82) is 0 Å². The van der Waals surface area contributed by atoms with Gasteiger partial charge in [-0.05, 0) is 81.5 Å². The van der Waals surface area contributed by atoms with E-state index in [0.29, 0.717) is 30.7 Å². The number of carbonyl (C=O) groups is 4. The smallest absolute Gasteiger partial charge is 0.414 e. The number of carboxylic acids is 1. The van der Waals surface area contributed by atoms with Crippen LogP contribution in [0.5, 0.6) is 5.75 Å². The van der Waals surface area contributed by atoms with Gasteiger partial charge in [-0.3, -0.25) is 9.69 Å². The van der Waals surface area contributed by atoms with Crippen molar-refractivity contribution in [2.75, 3.05) is 26.1 Å². The molecule has 35 heavy (non-hydrogen) atoms. The summed E-state index contributed by atoms with van der Waals surface area (Å²) in [6.45, 7) is 1.49. The van der Waals surface area contributed by atoms with Crippen molar-refractivity contribution < 1.29 is 33.8 Å². The highest BCUT2D eigenvalue weighted by Gasteiger charge is 2.62. The summed E-state index contributed by atoms with van der Waals surface area (Å²) in [6, 6.07) is 5.18. The highest BCUT2D eigenvalue weighted by atomic mass is 16.6. The van der Waals surface area contributed by atoms with E-state index in [4.69, 9.17) is 9.47 Å². The van der Waals surface area contributed by atoms with Crippen LogP contribution in [0.1, 0.15) is 45.4 Å². The second-order valence-electron chi connectivity index (χ2n) is 10.6. The fraction of sp³-hybridized carbons (Fsp3) is 0.600. The quantitative estimate of drug-likeness (QED) is 0.631. The van der Waals surface area contributed by atoms with Gasteiger partial charge in [-0.2, -0.15) is 0 Å². The molecule has 3 amide bonds. The van der Waals surface area contributed by atoms with Crippen molar-refractivity contribution in [3.8, 4) is 5.75 Å². The molecular formula is C25H33N3O7. The van der Waals surface area contributed by atoms with E-state index >= 15 is 0 Å². The average Bonchev–Trinajstić information content (AvgIpc) is 2.78. The first-order valence-electron chi connectivity index (χ1n) is 11.9. The van der Waals surface area contributed by atoms with E-state index in [1.54, 1.807) is 38.4 Å². The Balaban J connectivity index is 1.65. The summed E-state index contributed by atoms with van der Waals surface area (Å²) in [4.78, 5) is 52.9. The minimum atomic E-state index is -1.12. The largest absolute Gasteiger partial charge is 0.480 e. The predicted molar refractivity (Wildman–Crippen MR) is 126 cm³/mol. The number of methoxy groups -OCH3 is 1. The number of nitrogens with one attached hydrogen (secondary N) is 1. The van der Waals surface area contributed by atoms with E-state index in [0.717, 1.165) is 19.3 Å². The average molecular weight is 488 g/mol. The van der Waals surface area contributed by atoms with E-state index in [9.17, 15) is 24.3 Å². The molecule has 3 atom stereocenters. The molecule has 0 aliphatic heterocycles. The number of nitrogens with zero attached hydrogens (tertiary/aromatic N) is 2. The van der Waals surface area contributed by atoms with Gasteiger partial charge >= 0.3 is 18.2 Å². The van der Waals surface area contributed by atoms with E-state index < -0.39 is 35.2 Å². The Morgan fingerprint density at radius 2 is 1.66 bits per heavy atom. The molecule has 4 fully saturated rings. The lowest BCUT2D eigenvalue weighted by Crippen LogP contribution is -2.67. The van der Waals surface area contributed by atoms with Crippen LogP contribution in [0, 0.1) is 17.3 Å². The van der Waals surface area contributed by atoms with Gasteiger partial charge in [0.1, 0.15) is 11.8 Å². The van der Waals surface area contributed by atoms with E-state index in [1.807, 2.05) is 0 Å². The molecule has 0 aromatic heterocycles. The van der Waals surface area contributed by atoms with Crippen molar-refractivity contribution in [3.63, 3.8) is 0 Å². The van der Waals surface area contributed by atoms with Crippen LogP contribution in [0.25, 0.3) is 0 Å². The van der Waals surface area contributed by atoms with E-state index in [-0.39, 0.29) is 17.7 Å². The van der Waals surface area contributed by atoms with Gasteiger partial charge in [0.25, 0.3) is 0 Å². The topological polar surface area (TPSA) is 125 Å². The number of hydrogen-bond acceptors (Lipinski definition) is 6. The monoisotopic (exact) mass is 487 g/mol. The zero-order chi connectivity index (χ0) is 25.5. The molecule has 2 N–H and O–H groups in total. The van der Waals surface area contributed by atoms with Crippen LogP contribution in [0.3, 0.4) is 0 Å². The summed E-state index contributed by atoms with van der Waals surface area (Å²) < 4.78 is 10.1. The van der Waals surface area contributed by atoms with Crippen LogP contribution in [-0.4, -0.2) is 66.9 Å². The van der Waals surface area contributed by atoms with Crippen LogP contribution >= 0.6 is 0 Å². The minimum absolute atomic E-state index is 0.240. The van der Waals surface area contributed by atoms with Gasteiger partial charge in [-0.15, -0.1) is 0 Å². The van der Waals surface area contributed by atoms with Crippen LogP contribution < -0.4 is 15.0 Å². The molecule has 1 aromatic rings. The molecule has 2 unspecified atom stereocenters. The van der Waals surface area contributed by atoms with Crippen molar-refractivity contribution in [2.24, 2.45) is 17.3 Å². The molecule has 0 radical (unpaired) electrons. The molecule has 10 nitrogen and oxygen atoms in total. The molecule has 4 aliphatic rings. The number of anilines is 1. The normalized spacial score (nSPS) is 29.1. The lowest BCUT2D eigenvalue weighted by molar-refractivity contribution is -0.150. The number of benzene rings is 1. The molecule has 0 saturated heterocycles. The second kappa shape index (κ2) is 9.05. The van der Waals surface area contributed by atoms with Crippen LogP contribution in [0.15, 0.2) is 24.3 Å². The van der Waals surface area contributed by atoms with Gasteiger partial charge in [0.05, 0.1) is 12.5 Å². The van der Waals surface area contributed by atoms with Gasteiger partial charge in [0, 0.05) is 25.3 Å². The third-order valence-corrected chi connectivity index (χ3v) is 7.72. The number of amides is 3. The fourth-order valence-corrected chi connectivity index (χ4v) is 6.68. The first-order valence-corrected chi connectivity index (χ1v) is 11.9. The van der Waals surface area contributed by atoms with Gasteiger partial charge in [0.2, 0.25) is 5.91 Å². The lowest BCUT2D eigenvalue weighted by atomic mass is 9.46. The van der Waals surface area contributed by atoms with Gasteiger partial charge in [-0.1, -0.05) is 0 Å². The summed E-state index contributed by atoms with van der Waals surface area (Å²) in [7, 11) is 4.46. The van der Waals surface area contributed by atoms with Gasteiger partial charge in [0.15, 0.2) is 0 Å². The minimum Gasteiger partial charge on any atom is -0.480 e. The summed E-state index contributed by atoms with van der Waals surface area (Å²) in [5.74, 6) is -0.498. The maximum atomic E-state index is 14.2. The third kappa shape index (κ3) is 4.66. The number of rotatable bonds is 6. The molecule has 0 spiro atoms. The number of carboxylic acid groups (broad SMARTS) is 1. The lowest BCUT2D eigenvalue weighted by Gasteiger charge is -2.61. The first-order chi connectivity index (χ1) is 16.5. The summed E-state index contributed by atoms with van der Waals surface area (Å²) in [5, 5.41) is 12.9. The molecule has 10 heteroatoms. The predicted octanol–water partition coefficient (Wildman–Crippen LogP) is 3.25. The number of carbonyl (C=O) groups excluding carboxylic acids is 3. The molecule has 190 valence electrons. The standard InChI is InChI=1S/C25H33N3O7/c1-15(20(29)30)28(18-5-7-19(8-6-18)35-23(33)27(2)3)21(31)24-10-16-9-17(11-24)13-25(12-16,14-24)26-22(32)34-4/h5-8,15-17H,9-14H2,1-4H3,(H,26,32)(H,29,30)/t15-,16?,17?,24?,25?/m0/s1. The Hall–Kier alpha value is -3.30. The molecule has 4 saturated carbocycles. The van der Waals surface area contributed by atoms with E-state index in [1.165, 1.54) is 23.8 Å². The second-order valence-corrected chi connectivity index (χ2v) is 10.6. The Morgan fingerprint density at radius 1 is 1.06 bits per heavy atom. The maximum Gasteiger partial charge on any atom is 0.414 e. The zero-order valence-electron chi connectivity index (χ0n) is 20.6. The molecular weight excluding hydrogens is 454 g/mol. The van der Waals surface area contributed by atoms with Crippen LogP contribution in [0.2, 0.25) is 0 Å². The number of hydrogen-bond donors (Lipinski definition) is 2. The zero-order valence-corrected chi connectivity index (χ0v) is 20.6. The van der Waals surface area contributed by atoms with Crippen molar-refractivity contribution >= 4 is 29.8 Å². The Bertz CT molecular complexity index is 1010. The molecule has 4 bridgehead atoms. The van der Waals surface area contributed by atoms with Crippen molar-refractivity contribution in [2.45, 2.75) is 57.0 Å². The van der Waals surface area contributed by atoms with Crippen molar-refractivity contribution in [3.05, 3.63) is 24.3 Å². The van der Waals surface area contributed by atoms with Crippen molar-refractivity contribution in [1.82, 2.24) is 10.2 Å². The SMILES string of the molecule is COC(=O)NC12CC3CC(C1)CC(C(=O)N(c1ccc(OC(=O)N(C)C)cc1)[C@@H](C)C(=O)O)(C3)C2. The number of ether oxygens (including phenoxy) is 2. The molecule has 4 aliphatic carbocycles. The molecule has 0 heterocycles. The van der Waals surface area contributed by atoms with Crippen LogP contribution in [0.4, 0.5) is 15.3 Å². The Morgan fingerprint density at radius 3 is 2.17 bits per heavy atom. The number of aliphatic carboxylic acids is 1. The first kappa shape index (κ1) is 24.8. The summed E-state index contributed by atoms with van der Waals surface area (Å²) in [6.07, 6.45) is 3.38. The summed E-state index contributed by atoms with van der Waals surface area (Å²) in [5.41, 5.74) is -0.861. The highest BCUT2D eigenvalue weighted by Crippen LogP contribution is 2.62. The Labute approximate surface area is 204 Å². The fourth-order valence-electron chi connectivity index (χ4n) is 6.68.